The Morgan fingerprint density at radius 2 is 2.04 bits per heavy atom. The van der Waals surface area contributed by atoms with Crippen molar-refractivity contribution in [3.05, 3.63) is 47.0 Å². The first-order valence-corrected chi connectivity index (χ1v) is 10.3. The molecule has 6 nitrogen and oxygen atoms in total. The summed E-state index contributed by atoms with van der Waals surface area (Å²) in [6.45, 7) is 6.24. The molecule has 2 N–H and O–H groups in total. The molecule has 2 aliphatic rings. The lowest BCUT2D eigenvalue weighted by Crippen LogP contribution is -2.34. The fourth-order valence-electron chi connectivity index (χ4n) is 4.31. The lowest BCUT2D eigenvalue weighted by molar-refractivity contribution is 0.0950. The zero-order valence-electron chi connectivity index (χ0n) is 16.8. The van der Waals surface area contributed by atoms with Gasteiger partial charge in [0.15, 0.2) is 0 Å². The first-order valence-electron chi connectivity index (χ1n) is 10.3. The first kappa shape index (κ1) is 19.0. The predicted molar refractivity (Wildman–Crippen MR) is 109 cm³/mol. The van der Waals surface area contributed by atoms with Crippen molar-refractivity contribution in [2.24, 2.45) is 5.92 Å². The molecule has 1 unspecified atom stereocenters. The van der Waals surface area contributed by atoms with E-state index < -0.39 is 0 Å². The van der Waals surface area contributed by atoms with E-state index in [1.165, 1.54) is 12.8 Å². The van der Waals surface area contributed by atoms with E-state index in [1.807, 2.05) is 18.2 Å². The topological polar surface area (TPSA) is 70.2 Å². The molecule has 0 saturated carbocycles. The molecule has 28 heavy (non-hydrogen) atoms. The fraction of sp³-hybridized carbons (Fsp3) is 0.545. The Bertz CT molecular complexity index is 824. The average molecular weight is 383 g/mol. The molecule has 0 spiro atoms. The molecular formula is C22H30N4O2. The number of H-pyrrole nitrogens is 1. The second-order valence-electron chi connectivity index (χ2n) is 8.14. The average Bonchev–Trinajstić information content (AvgIpc) is 3.06. The summed E-state index contributed by atoms with van der Waals surface area (Å²) in [5, 5.41) is 3.04. The van der Waals surface area contributed by atoms with Crippen LogP contribution in [0.25, 0.3) is 0 Å². The Morgan fingerprint density at radius 3 is 2.82 bits per heavy atom. The van der Waals surface area contributed by atoms with Crippen LogP contribution < -0.4 is 10.1 Å². The third kappa shape index (κ3) is 4.07. The summed E-state index contributed by atoms with van der Waals surface area (Å²) in [6, 6.07) is 8.04. The van der Waals surface area contributed by atoms with Crippen LogP contribution in [0.5, 0.6) is 5.75 Å². The number of hydrogen-bond acceptors (Lipinski definition) is 4. The number of rotatable bonds is 5. The van der Waals surface area contributed by atoms with Crippen LogP contribution in [0.3, 0.4) is 0 Å². The molecule has 1 fully saturated rings. The molecule has 6 heteroatoms. The molecule has 4 rings (SSSR count). The summed E-state index contributed by atoms with van der Waals surface area (Å²) in [4.78, 5) is 23.1. The number of fused-ring (bicyclic) bond motifs is 1. The molecule has 0 aliphatic carbocycles. The minimum Gasteiger partial charge on any atom is -0.496 e. The Balaban J connectivity index is 1.47. The fourth-order valence-corrected chi connectivity index (χ4v) is 4.31. The SMILES string of the molecule is COc1ccccc1C1CNC(=O)c2nc(CCN3CCC(C)CC3)[nH]c2C1. The highest BCUT2D eigenvalue weighted by Crippen LogP contribution is 2.30. The van der Waals surface area contributed by atoms with Gasteiger partial charge in [-0.25, -0.2) is 4.98 Å². The van der Waals surface area contributed by atoms with Crippen LogP contribution in [0, 0.1) is 5.92 Å². The summed E-state index contributed by atoms with van der Waals surface area (Å²) in [5.74, 6) is 2.70. The number of amides is 1. The number of imidazole rings is 1. The number of para-hydroxylation sites is 1. The Labute approximate surface area is 166 Å². The number of nitrogens with one attached hydrogen (secondary N) is 2. The van der Waals surface area contributed by atoms with E-state index in [0.29, 0.717) is 12.2 Å². The van der Waals surface area contributed by atoms with Gasteiger partial charge in [-0.15, -0.1) is 0 Å². The number of carbonyl (C=O) groups excluding carboxylic acids is 1. The normalized spacial score (nSPS) is 21.1. The van der Waals surface area contributed by atoms with E-state index in [4.69, 9.17) is 4.74 Å². The van der Waals surface area contributed by atoms with Crippen LogP contribution in [-0.4, -0.2) is 54.1 Å². The minimum atomic E-state index is -0.0818. The quantitative estimate of drug-likeness (QED) is 0.834. The van der Waals surface area contributed by atoms with Gasteiger partial charge >= 0.3 is 0 Å². The van der Waals surface area contributed by atoms with E-state index >= 15 is 0 Å². The third-order valence-electron chi connectivity index (χ3n) is 6.12. The molecule has 3 heterocycles. The largest absolute Gasteiger partial charge is 0.496 e. The number of aromatic nitrogens is 2. The Morgan fingerprint density at radius 1 is 1.25 bits per heavy atom. The molecule has 1 aromatic carbocycles. The highest BCUT2D eigenvalue weighted by atomic mass is 16.5. The number of benzene rings is 1. The number of ether oxygens (including phenoxy) is 1. The summed E-state index contributed by atoms with van der Waals surface area (Å²) < 4.78 is 5.53. The van der Waals surface area contributed by atoms with Gasteiger partial charge in [0.25, 0.3) is 5.91 Å². The van der Waals surface area contributed by atoms with Gasteiger partial charge in [-0.1, -0.05) is 25.1 Å². The molecule has 0 radical (unpaired) electrons. The number of carbonyl (C=O) groups is 1. The monoisotopic (exact) mass is 382 g/mol. The van der Waals surface area contributed by atoms with Crippen LogP contribution in [0.1, 0.15) is 53.3 Å². The number of nitrogens with zero attached hydrogens (tertiary/aromatic N) is 2. The molecule has 150 valence electrons. The van der Waals surface area contributed by atoms with Gasteiger partial charge in [-0.3, -0.25) is 4.79 Å². The predicted octanol–water partition coefficient (Wildman–Crippen LogP) is 2.76. The van der Waals surface area contributed by atoms with Crippen molar-refractivity contribution in [3.63, 3.8) is 0 Å². The van der Waals surface area contributed by atoms with E-state index in [0.717, 1.165) is 61.2 Å². The Hall–Kier alpha value is -2.34. The summed E-state index contributed by atoms with van der Waals surface area (Å²) in [7, 11) is 1.69. The second-order valence-corrected chi connectivity index (χ2v) is 8.14. The lowest BCUT2D eigenvalue weighted by atomic mass is 9.93. The number of likely N-dealkylation sites (tertiary alicyclic amines) is 1. The van der Waals surface area contributed by atoms with Gasteiger partial charge in [-0.05, 0) is 49.9 Å². The number of methoxy groups -OCH3 is 1. The van der Waals surface area contributed by atoms with E-state index in [1.54, 1.807) is 7.11 Å². The van der Waals surface area contributed by atoms with Crippen LogP contribution in [0.4, 0.5) is 0 Å². The van der Waals surface area contributed by atoms with E-state index in [9.17, 15) is 4.79 Å². The molecule has 0 bridgehead atoms. The number of aromatic amines is 1. The van der Waals surface area contributed by atoms with Crippen molar-refractivity contribution >= 4 is 5.91 Å². The summed E-state index contributed by atoms with van der Waals surface area (Å²) in [5.41, 5.74) is 2.62. The number of piperidine rings is 1. The van der Waals surface area contributed by atoms with Gasteiger partial charge in [0.2, 0.25) is 0 Å². The van der Waals surface area contributed by atoms with Gasteiger partial charge < -0.3 is 19.9 Å². The van der Waals surface area contributed by atoms with Gasteiger partial charge in [-0.2, -0.15) is 0 Å². The van der Waals surface area contributed by atoms with Crippen LogP contribution in [0.15, 0.2) is 24.3 Å². The third-order valence-corrected chi connectivity index (χ3v) is 6.12. The van der Waals surface area contributed by atoms with Gasteiger partial charge in [0.1, 0.15) is 17.3 Å². The van der Waals surface area contributed by atoms with E-state index in [2.05, 4.69) is 33.2 Å². The molecule has 1 saturated heterocycles. The van der Waals surface area contributed by atoms with E-state index in [-0.39, 0.29) is 11.8 Å². The lowest BCUT2D eigenvalue weighted by Gasteiger charge is -2.29. The number of hydrogen-bond donors (Lipinski definition) is 2. The Kier molecular flexibility index (Phi) is 5.67. The zero-order valence-corrected chi connectivity index (χ0v) is 16.8. The van der Waals surface area contributed by atoms with Gasteiger partial charge in [0.05, 0.1) is 7.11 Å². The maximum atomic E-state index is 12.6. The van der Waals surface area contributed by atoms with Crippen molar-refractivity contribution in [2.45, 2.75) is 38.5 Å². The van der Waals surface area contributed by atoms with Crippen LogP contribution >= 0.6 is 0 Å². The van der Waals surface area contributed by atoms with Crippen molar-refractivity contribution in [2.75, 3.05) is 33.3 Å². The molecule has 1 atom stereocenters. The molecule has 2 aromatic rings. The van der Waals surface area contributed by atoms with Crippen molar-refractivity contribution in [1.29, 1.82) is 0 Å². The summed E-state index contributed by atoms with van der Waals surface area (Å²) in [6.07, 6.45) is 4.16. The van der Waals surface area contributed by atoms with Crippen molar-refractivity contribution in [1.82, 2.24) is 20.2 Å². The zero-order chi connectivity index (χ0) is 19.5. The molecular weight excluding hydrogens is 352 g/mol. The van der Waals surface area contributed by atoms with Crippen molar-refractivity contribution in [3.8, 4) is 5.75 Å². The maximum Gasteiger partial charge on any atom is 0.271 e. The molecule has 1 amide bonds. The maximum absolute atomic E-state index is 12.6. The standard InChI is InChI=1S/C22H30N4O2/c1-15-7-10-26(11-8-15)12-9-20-24-18-13-16(14-23-22(27)21(18)25-20)17-5-3-4-6-19(17)28-2/h3-6,15-16H,7-14H2,1-2H3,(H,23,27)(H,24,25). The molecule has 2 aliphatic heterocycles. The smallest absolute Gasteiger partial charge is 0.271 e. The van der Waals surface area contributed by atoms with Crippen LogP contribution in [0.2, 0.25) is 0 Å². The molecule has 1 aromatic heterocycles. The van der Waals surface area contributed by atoms with Crippen molar-refractivity contribution < 1.29 is 9.53 Å². The second kappa shape index (κ2) is 8.35. The highest BCUT2D eigenvalue weighted by molar-refractivity contribution is 5.94. The van der Waals surface area contributed by atoms with Crippen LogP contribution in [-0.2, 0) is 12.8 Å². The first-order chi connectivity index (χ1) is 13.6. The summed E-state index contributed by atoms with van der Waals surface area (Å²) >= 11 is 0. The van der Waals surface area contributed by atoms with Gasteiger partial charge in [0, 0.05) is 31.1 Å². The highest BCUT2D eigenvalue weighted by Gasteiger charge is 2.27. The minimum absolute atomic E-state index is 0.0818.